The van der Waals surface area contributed by atoms with Crippen molar-refractivity contribution in [2.45, 2.75) is 57.7 Å². The van der Waals surface area contributed by atoms with Gasteiger partial charge in [-0.25, -0.2) is 14.4 Å². The van der Waals surface area contributed by atoms with Crippen molar-refractivity contribution < 1.29 is 29.0 Å². The van der Waals surface area contributed by atoms with Gasteiger partial charge in [-0.2, -0.15) is 0 Å². The molecule has 3 N–H and O–H groups in total. The molecule has 1 saturated heterocycles. The summed E-state index contributed by atoms with van der Waals surface area (Å²) in [7, 11) is 0. The van der Waals surface area contributed by atoms with Crippen LogP contribution in [-0.2, 0) is 14.3 Å². The van der Waals surface area contributed by atoms with Crippen LogP contribution < -0.4 is 10.6 Å². The van der Waals surface area contributed by atoms with Crippen LogP contribution in [0.1, 0.15) is 50.8 Å². The van der Waals surface area contributed by atoms with E-state index in [0.717, 1.165) is 10.5 Å². The Morgan fingerprint density at radius 1 is 1.06 bits per heavy atom. The number of ketones is 1. The third-order valence-corrected chi connectivity index (χ3v) is 5.82. The second-order valence-electron chi connectivity index (χ2n) is 9.58. The molecule has 0 bridgehead atoms. The molecule has 1 aliphatic heterocycles. The number of urea groups is 1. The average Bonchev–Trinajstić information content (AvgIpc) is 3.20. The van der Waals surface area contributed by atoms with E-state index in [-0.39, 0.29) is 12.8 Å². The smallest absolute Gasteiger partial charge is 0.408 e. The molecule has 2 aromatic rings. The Kier molecular flexibility index (Phi) is 7.48. The first-order valence-corrected chi connectivity index (χ1v) is 11.4. The number of likely N-dealkylation sites (tertiary alicyclic amines) is 1. The van der Waals surface area contributed by atoms with Gasteiger partial charge < -0.3 is 20.5 Å². The van der Waals surface area contributed by atoms with Crippen LogP contribution in [0.3, 0.4) is 0 Å². The highest BCUT2D eigenvalue weighted by molar-refractivity contribution is 6.13. The van der Waals surface area contributed by atoms with Gasteiger partial charge in [-0.15, -0.1) is 0 Å². The van der Waals surface area contributed by atoms with Crippen LogP contribution in [0.2, 0.25) is 0 Å². The molecule has 2 atom stereocenters. The number of rotatable bonds is 6. The summed E-state index contributed by atoms with van der Waals surface area (Å²) < 4.78 is 5.15. The number of benzene rings is 2. The second-order valence-corrected chi connectivity index (χ2v) is 9.58. The van der Waals surface area contributed by atoms with E-state index in [1.54, 1.807) is 57.2 Å². The zero-order chi connectivity index (χ0) is 25.8. The van der Waals surface area contributed by atoms with E-state index in [0.29, 0.717) is 11.3 Å². The normalized spacial score (nSPS) is 19.7. The first kappa shape index (κ1) is 25.7. The number of carboxylic acids is 1. The number of hydrogen-bond acceptors (Lipinski definition) is 5. The molecular weight excluding hydrogens is 450 g/mol. The van der Waals surface area contributed by atoms with Gasteiger partial charge in [-0.05, 0) is 58.2 Å². The molecule has 0 radical (unpaired) electrons. The lowest BCUT2D eigenvalue weighted by atomic mass is 9.90. The lowest BCUT2D eigenvalue weighted by Crippen LogP contribution is -2.62. The molecular formula is C26H31N3O6. The summed E-state index contributed by atoms with van der Waals surface area (Å²) in [5.41, 5.74) is -0.775. The Bertz CT molecular complexity index is 1090. The highest BCUT2D eigenvalue weighted by Crippen LogP contribution is 2.44. The van der Waals surface area contributed by atoms with Gasteiger partial charge in [0, 0.05) is 5.69 Å². The van der Waals surface area contributed by atoms with Crippen molar-refractivity contribution in [3.63, 3.8) is 0 Å². The van der Waals surface area contributed by atoms with E-state index in [2.05, 4.69) is 10.6 Å². The summed E-state index contributed by atoms with van der Waals surface area (Å²) in [4.78, 5) is 52.8. The molecule has 2 aromatic carbocycles. The number of Topliss-reactive ketones (excluding diaryl/α,β-unsaturated/α-hetero) is 1. The number of aryl methyl sites for hydroxylation is 1. The molecule has 0 spiro atoms. The Morgan fingerprint density at radius 3 is 2.26 bits per heavy atom. The zero-order valence-electron chi connectivity index (χ0n) is 20.3. The van der Waals surface area contributed by atoms with Crippen LogP contribution in [0, 0.1) is 6.92 Å². The van der Waals surface area contributed by atoms with Crippen LogP contribution in [-0.4, -0.2) is 51.6 Å². The Morgan fingerprint density at radius 2 is 1.69 bits per heavy atom. The number of carboxylic acid groups (broad SMARTS) is 1. The highest BCUT2D eigenvalue weighted by atomic mass is 16.6. The van der Waals surface area contributed by atoms with Crippen LogP contribution in [0.4, 0.5) is 15.3 Å². The summed E-state index contributed by atoms with van der Waals surface area (Å²) in [5, 5.41) is 15.3. The summed E-state index contributed by atoms with van der Waals surface area (Å²) in [6.07, 6.45) is -0.687. The van der Waals surface area contributed by atoms with E-state index in [9.17, 15) is 24.3 Å². The number of amides is 3. The fourth-order valence-corrected chi connectivity index (χ4v) is 4.20. The third-order valence-electron chi connectivity index (χ3n) is 5.82. The molecule has 0 saturated carbocycles. The fourth-order valence-electron chi connectivity index (χ4n) is 4.20. The van der Waals surface area contributed by atoms with Crippen LogP contribution in [0.15, 0.2) is 54.6 Å². The Balaban J connectivity index is 1.94. The quantitative estimate of drug-likeness (QED) is 0.529. The van der Waals surface area contributed by atoms with Crippen molar-refractivity contribution in [1.29, 1.82) is 0 Å². The maximum atomic E-state index is 13.5. The SMILES string of the molecule is Cc1ccc(NC(=O)N2C(c3ccccc3)CCC2(C(=O)O)C(=O)CNC(=O)OC(C)(C)C)cc1. The minimum Gasteiger partial charge on any atom is -0.479 e. The molecule has 35 heavy (non-hydrogen) atoms. The molecule has 186 valence electrons. The molecule has 9 nitrogen and oxygen atoms in total. The number of ether oxygens (including phenoxy) is 1. The summed E-state index contributed by atoms with van der Waals surface area (Å²) >= 11 is 0. The predicted octanol–water partition coefficient (Wildman–Crippen LogP) is 4.28. The molecule has 0 aliphatic carbocycles. The van der Waals surface area contributed by atoms with Gasteiger partial charge in [0.25, 0.3) is 0 Å². The third kappa shape index (κ3) is 5.79. The average molecular weight is 482 g/mol. The maximum Gasteiger partial charge on any atom is 0.408 e. The van der Waals surface area contributed by atoms with Gasteiger partial charge in [-0.3, -0.25) is 9.69 Å². The molecule has 1 heterocycles. The standard InChI is InChI=1S/C26H31N3O6/c1-17-10-12-19(13-11-17)28-23(33)29-20(18-8-6-5-7-9-18)14-15-26(29,22(31)32)21(30)16-27-24(34)35-25(2,3)4/h5-13,20H,14-16H2,1-4H3,(H,27,34)(H,28,33)(H,31,32). The number of hydrogen-bond donors (Lipinski definition) is 3. The Labute approximate surface area is 204 Å². The topological polar surface area (TPSA) is 125 Å². The monoisotopic (exact) mass is 481 g/mol. The van der Waals surface area contributed by atoms with Crippen LogP contribution >= 0.6 is 0 Å². The lowest BCUT2D eigenvalue weighted by Gasteiger charge is -2.37. The number of nitrogens with one attached hydrogen (secondary N) is 2. The number of anilines is 1. The van der Waals surface area contributed by atoms with E-state index in [1.165, 1.54) is 0 Å². The van der Waals surface area contributed by atoms with Gasteiger partial charge in [0.2, 0.25) is 5.54 Å². The molecule has 0 aromatic heterocycles. The molecule has 3 rings (SSSR count). The lowest BCUT2D eigenvalue weighted by molar-refractivity contribution is -0.154. The van der Waals surface area contributed by atoms with Gasteiger partial charge in [0.1, 0.15) is 5.60 Å². The van der Waals surface area contributed by atoms with Crippen molar-refractivity contribution >= 4 is 29.6 Å². The van der Waals surface area contributed by atoms with Gasteiger partial charge in [0.15, 0.2) is 5.78 Å². The van der Waals surface area contributed by atoms with Crippen molar-refractivity contribution in [2.24, 2.45) is 0 Å². The molecule has 1 aliphatic rings. The van der Waals surface area contributed by atoms with Gasteiger partial charge >= 0.3 is 18.1 Å². The van der Waals surface area contributed by atoms with Crippen molar-refractivity contribution in [1.82, 2.24) is 10.2 Å². The fraction of sp³-hybridized carbons (Fsp3) is 0.385. The minimum atomic E-state index is -2.16. The molecule has 2 unspecified atom stereocenters. The summed E-state index contributed by atoms with van der Waals surface area (Å²) in [5.74, 6) is -2.26. The maximum absolute atomic E-state index is 13.5. The molecule has 3 amide bonds. The number of carbonyl (C=O) groups excluding carboxylic acids is 3. The largest absolute Gasteiger partial charge is 0.479 e. The van der Waals surface area contributed by atoms with E-state index in [4.69, 9.17) is 4.74 Å². The minimum absolute atomic E-state index is 0.0992. The summed E-state index contributed by atoms with van der Waals surface area (Å²) in [6.45, 7) is 6.32. The predicted molar refractivity (Wildman–Crippen MR) is 130 cm³/mol. The first-order valence-electron chi connectivity index (χ1n) is 11.4. The number of aliphatic carboxylic acids is 1. The molecule has 9 heteroatoms. The first-order chi connectivity index (χ1) is 16.4. The van der Waals surface area contributed by atoms with Gasteiger partial charge in [0.05, 0.1) is 12.6 Å². The van der Waals surface area contributed by atoms with Crippen molar-refractivity contribution in [3.8, 4) is 0 Å². The number of alkyl carbamates (subject to hydrolysis) is 1. The van der Waals surface area contributed by atoms with Gasteiger partial charge in [-0.1, -0.05) is 48.0 Å². The number of carbonyl (C=O) groups is 4. The molecule has 1 fully saturated rings. The summed E-state index contributed by atoms with van der Waals surface area (Å²) in [6, 6.07) is 14.6. The Hall–Kier alpha value is -3.88. The zero-order valence-corrected chi connectivity index (χ0v) is 20.3. The second kappa shape index (κ2) is 10.2. The van der Waals surface area contributed by atoms with E-state index < -0.39 is 47.6 Å². The van der Waals surface area contributed by atoms with E-state index >= 15 is 0 Å². The van der Waals surface area contributed by atoms with Crippen molar-refractivity contribution in [3.05, 3.63) is 65.7 Å². The van der Waals surface area contributed by atoms with Crippen LogP contribution in [0.5, 0.6) is 0 Å². The van der Waals surface area contributed by atoms with Crippen molar-refractivity contribution in [2.75, 3.05) is 11.9 Å². The highest BCUT2D eigenvalue weighted by Gasteiger charge is 2.59. The number of nitrogens with zero attached hydrogens (tertiary/aromatic N) is 1. The van der Waals surface area contributed by atoms with Crippen LogP contribution in [0.25, 0.3) is 0 Å². The van der Waals surface area contributed by atoms with E-state index in [1.807, 2.05) is 25.1 Å².